The van der Waals surface area contributed by atoms with Crippen molar-refractivity contribution >= 4 is 29.5 Å². The molecule has 1 saturated carbocycles. The zero-order valence-corrected chi connectivity index (χ0v) is 21.1. The summed E-state index contributed by atoms with van der Waals surface area (Å²) in [5.74, 6) is -0.761. The molecule has 0 unspecified atom stereocenters. The number of ether oxygens (including phenoxy) is 2. The highest BCUT2D eigenvalue weighted by molar-refractivity contribution is 8.00. The molecule has 3 rings (SSSR count). The number of amides is 2. The predicted molar refractivity (Wildman–Crippen MR) is 132 cm³/mol. The Morgan fingerprint density at radius 1 is 1.09 bits per heavy atom. The summed E-state index contributed by atoms with van der Waals surface area (Å²) in [6.45, 7) is 7.24. The third-order valence-electron chi connectivity index (χ3n) is 6.33. The molecule has 34 heavy (non-hydrogen) atoms. The summed E-state index contributed by atoms with van der Waals surface area (Å²) in [5.41, 5.74) is 0.316. The molecule has 1 aliphatic carbocycles. The van der Waals surface area contributed by atoms with E-state index in [4.69, 9.17) is 9.47 Å². The van der Waals surface area contributed by atoms with E-state index in [0.29, 0.717) is 17.0 Å². The molecule has 2 amide bonds. The fourth-order valence-electron chi connectivity index (χ4n) is 4.64. The molecule has 1 saturated heterocycles. The average Bonchev–Trinajstić information content (AvgIpc) is 2.85. The number of benzene rings is 1. The van der Waals surface area contributed by atoms with Crippen molar-refractivity contribution in [1.29, 1.82) is 0 Å². The molecule has 1 aromatic carbocycles. The average molecular weight is 492 g/mol. The highest BCUT2D eigenvalue weighted by Gasteiger charge is 2.38. The van der Waals surface area contributed by atoms with Crippen molar-refractivity contribution in [3.63, 3.8) is 0 Å². The van der Waals surface area contributed by atoms with Crippen LogP contribution in [0.15, 0.2) is 29.2 Å². The van der Waals surface area contributed by atoms with Crippen LogP contribution < -0.4 is 10.6 Å². The molecule has 0 spiro atoms. The summed E-state index contributed by atoms with van der Waals surface area (Å²) in [4.78, 5) is 40.3. The van der Waals surface area contributed by atoms with Gasteiger partial charge >= 0.3 is 5.97 Å². The molecular formula is C25H37N3O5S. The zero-order chi connectivity index (χ0) is 24.4. The van der Waals surface area contributed by atoms with E-state index in [9.17, 15) is 14.4 Å². The van der Waals surface area contributed by atoms with Gasteiger partial charge in [-0.25, -0.2) is 4.79 Å². The maximum Gasteiger partial charge on any atom is 0.339 e. The van der Waals surface area contributed by atoms with E-state index in [1.54, 1.807) is 24.3 Å². The first kappa shape index (κ1) is 26.5. The van der Waals surface area contributed by atoms with Crippen LogP contribution in [0.1, 0.15) is 56.3 Å². The van der Waals surface area contributed by atoms with E-state index >= 15 is 0 Å². The molecule has 8 nitrogen and oxygen atoms in total. The van der Waals surface area contributed by atoms with Gasteiger partial charge in [0.2, 0.25) is 5.91 Å². The number of morpholine rings is 1. The van der Waals surface area contributed by atoms with Gasteiger partial charge in [0.15, 0.2) is 6.61 Å². The molecule has 1 aliphatic heterocycles. The minimum atomic E-state index is -0.567. The molecule has 2 aliphatic rings. The smallest absolute Gasteiger partial charge is 0.339 e. The number of nitrogens with zero attached hydrogens (tertiary/aromatic N) is 1. The lowest BCUT2D eigenvalue weighted by atomic mass is 9.79. The minimum Gasteiger partial charge on any atom is -0.452 e. The number of hydrogen-bond acceptors (Lipinski definition) is 7. The lowest BCUT2D eigenvalue weighted by Crippen LogP contribution is -2.59. The number of thioether (sulfide) groups is 1. The number of rotatable bonds is 10. The van der Waals surface area contributed by atoms with Crippen molar-refractivity contribution < 1.29 is 23.9 Å². The van der Waals surface area contributed by atoms with E-state index in [-0.39, 0.29) is 35.8 Å². The Labute approximate surface area is 206 Å². The Kier molecular flexibility index (Phi) is 10.2. The number of carbonyl (C=O) groups is 3. The van der Waals surface area contributed by atoms with Gasteiger partial charge < -0.3 is 20.1 Å². The topological polar surface area (TPSA) is 97.0 Å². The van der Waals surface area contributed by atoms with E-state index in [1.165, 1.54) is 18.2 Å². The second kappa shape index (κ2) is 13.1. The number of hydrogen-bond donors (Lipinski definition) is 2. The number of nitrogens with one attached hydrogen (secondary N) is 2. The van der Waals surface area contributed by atoms with Crippen LogP contribution in [0, 0.1) is 0 Å². The monoisotopic (exact) mass is 491 g/mol. The molecule has 188 valence electrons. The lowest BCUT2D eigenvalue weighted by molar-refractivity contribution is -0.125. The van der Waals surface area contributed by atoms with Crippen LogP contribution in [0.4, 0.5) is 0 Å². The summed E-state index contributed by atoms with van der Waals surface area (Å²) in [7, 11) is 0. The molecule has 1 aromatic rings. The molecule has 2 fully saturated rings. The minimum absolute atomic E-state index is 0.0402. The largest absolute Gasteiger partial charge is 0.452 e. The summed E-state index contributed by atoms with van der Waals surface area (Å²) in [6, 6.07) is 7.03. The fourth-order valence-corrected chi connectivity index (χ4v) is 5.50. The number of esters is 1. The maximum atomic E-state index is 12.7. The van der Waals surface area contributed by atoms with Gasteiger partial charge in [0.25, 0.3) is 5.91 Å². The molecule has 0 radical (unpaired) electrons. The van der Waals surface area contributed by atoms with Crippen LogP contribution in [0.25, 0.3) is 0 Å². The Balaban J connectivity index is 1.50. The van der Waals surface area contributed by atoms with Crippen LogP contribution >= 0.6 is 11.8 Å². The van der Waals surface area contributed by atoms with Crippen molar-refractivity contribution in [3.05, 3.63) is 29.8 Å². The second-order valence-electron chi connectivity index (χ2n) is 9.24. The summed E-state index contributed by atoms with van der Waals surface area (Å²) in [6.07, 6.45) is 5.66. The van der Waals surface area contributed by atoms with Gasteiger partial charge in [0.1, 0.15) is 0 Å². The molecule has 9 heteroatoms. The summed E-state index contributed by atoms with van der Waals surface area (Å²) in [5, 5.41) is 5.84. The first-order valence-corrected chi connectivity index (χ1v) is 13.2. The van der Waals surface area contributed by atoms with Gasteiger partial charge in [-0.05, 0) is 38.8 Å². The quantitative estimate of drug-likeness (QED) is 0.384. The molecular weight excluding hydrogens is 454 g/mol. The van der Waals surface area contributed by atoms with E-state index in [1.807, 2.05) is 13.8 Å². The Hall–Kier alpha value is -2.10. The first-order chi connectivity index (χ1) is 16.4. The lowest BCUT2D eigenvalue weighted by Gasteiger charge is -2.48. The van der Waals surface area contributed by atoms with E-state index in [0.717, 1.165) is 52.0 Å². The maximum absolute atomic E-state index is 12.7. The van der Waals surface area contributed by atoms with Gasteiger partial charge in [0.05, 0.1) is 24.5 Å². The van der Waals surface area contributed by atoms with Gasteiger partial charge in [0, 0.05) is 36.1 Å². The highest BCUT2D eigenvalue weighted by atomic mass is 32.2. The van der Waals surface area contributed by atoms with Crippen molar-refractivity contribution in [2.75, 3.05) is 45.2 Å². The van der Waals surface area contributed by atoms with Gasteiger partial charge in [-0.3, -0.25) is 14.5 Å². The van der Waals surface area contributed by atoms with Gasteiger partial charge in [-0.2, -0.15) is 0 Å². The Morgan fingerprint density at radius 3 is 2.50 bits per heavy atom. The van der Waals surface area contributed by atoms with Crippen molar-refractivity contribution in [2.45, 2.75) is 62.4 Å². The normalized spacial score (nSPS) is 18.3. The molecule has 0 bridgehead atoms. The third-order valence-corrected chi connectivity index (χ3v) is 7.40. The van der Waals surface area contributed by atoms with Crippen LogP contribution in [0.3, 0.4) is 0 Å². The second-order valence-corrected chi connectivity index (χ2v) is 10.3. The SMILES string of the molecule is CC(C)NC(=O)CSc1ccccc1C(=O)OCC(=O)NCC1(N2CCOCC2)CCCCC1. The molecule has 0 aromatic heterocycles. The van der Waals surface area contributed by atoms with Crippen molar-refractivity contribution in [2.24, 2.45) is 0 Å². The van der Waals surface area contributed by atoms with E-state index in [2.05, 4.69) is 15.5 Å². The Morgan fingerprint density at radius 2 is 1.79 bits per heavy atom. The summed E-state index contributed by atoms with van der Waals surface area (Å²) >= 11 is 1.27. The van der Waals surface area contributed by atoms with Gasteiger partial charge in [-0.15, -0.1) is 11.8 Å². The van der Waals surface area contributed by atoms with Crippen LogP contribution in [0.2, 0.25) is 0 Å². The van der Waals surface area contributed by atoms with E-state index < -0.39 is 5.97 Å². The summed E-state index contributed by atoms with van der Waals surface area (Å²) < 4.78 is 10.8. The van der Waals surface area contributed by atoms with Crippen LogP contribution in [-0.2, 0) is 19.1 Å². The van der Waals surface area contributed by atoms with Crippen LogP contribution in [0.5, 0.6) is 0 Å². The Bertz CT molecular complexity index is 836. The predicted octanol–water partition coefficient (Wildman–Crippen LogP) is 2.61. The molecule has 2 N–H and O–H groups in total. The van der Waals surface area contributed by atoms with Crippen molar-refractivity contribution in [3.8, 4) is 0 Å². The zero-order valence-electron chi connectivity index (χ0n) is 20.3. The highest BCUT2D eigenvalue weighted by Crippen LogP contribution is 2.33. The molecule has 0 atom stereocenters. The van der Waals surface area contributed by atoms with Crippen molar-refractivity contribution in [1.82, 2.24) is 15.5 Å². The standard InChI is InChI=1S/C25H37N3O5S/c1-19(2)27-23(30)17-34-21-9-5-4-8-20(21)24(31)33-16-22(29)26-18-25(10-6-3-7-11-25)28-12-14-32-15-13-28/h4-5,8-9,19H,3,6-7,10-18H2,1-2H3,(H,26,29)(H,27,30). The first-order valence-electron chi connectivity index (χ1n) is 12.2. The van der Waals surface area contributed by atoms with Crippen LogP contribution in [-0.4, -0.2) is 79.5 Å². The fraction of sp³-hybridized carbons (Fsp3) is 0.640. The molecule has 1 heterocycles. The van der Waals surface area contributed by atoms with Gasteiger partial charge in [-0.1, -0.05) is 31.4 Å². The third kappa shape index (κ3) is 7.71. The number of carbonyl (C=O) groups excluding carboxylic acids is 3.